The normalized spacial score (nSPS) is 12.4. The highest BCUT2D eigenvalue weighted by Gasteiger charge is 2.29. The molecule has 2 aromatic rings. The second-order valence-electron chi connectivity index (χ2n) is 9.66. The second kappa shape index (κ2) is 8.95. The zero-order valence-corrected chi connectivity index (χ0v) is 19.2. The highest BCUT2D eigenvalue weighted by atomic mass is 16.5. The van der Waals surface area contributed by atoms with Crippen molar-refractivity contribution in [2.75, 3.05) is 6.61 Å². The molecule has 0 amide bonds. The van der Waals surface area contributed by atoms with Crippen LogP contribution in [0.4, 0.5) is 0 Å². The summed E-state index contributed by atoms with van der Waals surface area (Å²) in [5.74, 6) is 0.645. The van der Waals surface area contributed by atoms with E-state index in [1.165, 1.54) is 18.2 Å². The number of carbonyl (C=O) groups is 1. The van der Waals surface area contributed by atoms with Gasteiger partial charge >= 0.3 is 0 Å². The van der Waals surface area contributed by atoms with Gasteiger partial charge in [0.1, 0.15) is 17.2 Å². The summed E-state index contributed by atoms with van der Waals surface area (Å²) >= 11 is 0. The summed E-state index contributed by atoms with van der Waals surface area (Å²) in [6, 6.07) is 8.13. The lowest BCUT2D eigenvalue weighted by molar-refractivity contribution is 0.104. The number of carbonyl (C=O) groups excluding carboxylic acids is 1. The predicted molar refractivity (Wildman–Crippen MR) is 123 cm³/mol. The lowest BCUT2D eigenvalue weighted by atomic mass is 9.78. The van der Waals surface area contributed by atoms with Crippen LogP contribution in [0, 0.1) is 0 Å². The first kappa shape index (κ1) is 23.5. The number of hydrogen-bond acceptors (Lipinski definition) is 4. The van der Waals surface area contributed by atoms with Crippen molar-refractivity contribution < 1.29 is 19.7 Å². The van der Waals surface area contributed by atoms with Crippen molar-refractivity contribution in [3.05, 3.63) is 58.7 Å². The third-order valence-electron chi connectivity index (χ3n) is 4.91. The van der Waals surface area contributed by atoms with E-state index in [0.29, 0.717) is 23.5 Å². The van der Waals surface area contributed by atoms with Crippen LogP contribution in [0.3, 0.4) is 0 Å². The van der Waals surface area contributed by atoms with Gasteiger partial charge in [-0.05, 0) is 59.7 Å². The summed E-state index contributed by atoms with van der Waals surface area (Å²) in [6.07, 6.45) is 3.92. The standard InChI is InChI=1S/C26H34O4/c1-8-15-30-24-19(13-14-22(28)17-9-11-18(27)12-10-17)23(29)20(25(2,3)4)16-21(24)26(5,6)7/h9-14,16,27,29H,8,15H2,1-7H3. The van der Waals surface area contributed by atoms with Crippen LogP contribution in [0.1, 0.15) is 81.9 Å². The lowest BCUT2D eigenvalue weighted by Crippen LogP contribution is -2.19. The molecule has 0 unspecified atom stereocenters. The molecule has 0 spiro atoms. The largest absolute Gasteiger partial charge is 0.508 e. The first-order valence-electron chi connectivity index (χ1n) is 10.4. The zero-order valence-electron chi connectivity index (χ0n) is 19.2. The number of benzene rings is 2. The fourth-order valence-corrected chi connectivity index (χ4v) is 3.20. The van der Waals surface area contributed by atoms with Gasteiger partial charge in [-0.25, -0.2) is 0 Å². The van der Waals surface area contributed by atoms with Crippen LogP contribution in [0.5, 0.6) is 17.2 Å². The number of allylic oxidation sites excluding steroid dienone is 1. The molecule has 2 aromatic carbocycles. The molecule has 0 aliphatic carbocycles. The molecule has 0 aliphatic rings. The van der Waals surface area contributed by atoms with Gasteiger partial charge < -0.3 is 14.9 Å². The Bertz CT molecular complexity index is 923. The number of phenolic OH excluding ortho intramolecular Hbond substituents is 2. The van der Waals surface area contributed by atoms with Gasteiger partial charge in [0.2, 0.25) is 0 Å². The maximum Gasteiger partial charge on any atom is 0.185 e. The first-order chi connectivity index (χ1) is 13.9. The topological polar surface area (TPSA) is 66.8 Å². The van der Waals surface area contributed by atoms with Crippen molar-refractivity contribution in [3.63, 3.8) is 0 Å². The molecular weight excluding hydrogens is 376 g/mol. The van der Waals surface area contributed by atoms with Gasteiger partial charge in [-0.2, -0.15) is 0 Å². The zero-order chi connectivity index (χ0) is 22.7. The quantitative estimate of drug-likeness (QED) is 0.428. The molecule has 0 fully saturated rings. The van der Waals surface area contributed by atoms with Crippen LogP contribution in [-0.2, 0) is 10.8 Å². The number of phenols is 2. The van der Waals surface area contributed by atoms with Gasteiger partial charge in [0.15, 0.2) is 5.78 Å². The van der Waals surface area contributed by atoms with Crippen molar-refractivity contribution in [1.82, 2.24) is 0 Å². The van der Waals surface area contributed by atoms with Gasteiger partial charge in [-0.15, -0.1) is 0 Å². The number of hydrogen-bond donors (Lipinski definition) is 2. The molecule has 2 rings (SSSR count). The summed E-state index contributed by atoms with van der Waals surface area (Å²) < 4.78 is 6.09. The van der Waals surface area contributed by atoms with Crippen LogP contribution in [0.2, 0.25) is 0 Å². The van der Waals surface area contributed by atoms with Crippen LogP contribution in [-0.4, -0.2) is 22.6 Å². The Balaban J connectivity index is 2.67. The van der Waals surface area contributed by atoms with Crippen molar-refractivity contribution in [1.29, 1.82) is 0 Å². The Morgan fingerprint density at radius 3 is 2.03 bits per heavy atom. The Morgan fingerprint density at radius 2 is 1.53 bits per heavy atom. The molecule has 4 nitrogen and oxygen atoms in total. The van der Waals surface area contributed by atoms with Crippen LogP contribution < -0.4 is 4.74 Å². The molecule has 4 heteroatoms. The molecule has 2 N–H and O–H groups in total. The predicted octanol–water partition coefficient (Wildman–Crippen LogP) is 6.38. The minimum Gasteiger partial charge on any atom is -0.508 e. The van der Waals surface area contributed by atoms with Gasteiger partial charge in [-0.1, -0.05) is 48.5 Å². The van der Waals surface area contributed by atoms with Gasteiger partial charge in [0.25, 0.3) is 0 Å². The smallest absolute Gasteiger partial charge is 0.185 e. The molecule has 0 heterocycles. The fraction of sp³-hybridized carbons (Fsp3) is 0.423. The number of aromatic hydroxyl groups is 2. The maximum atomic E-state index is 12.6. The molecule has 0 bridgehead atoms. The van der Waals surface area contributed by atoms with E-state index in [4.69, 9.17) is 4.74 Å². The highest BCUT2D eigenvalue weighted by Crippen LogP contribution is 2.45. The van der Waals surface area contributed by atoms with Gasteiger partial charge in [0, 0.05) is 16.7 Å². The minimum atomic E-state index is -0.281. The average molecular weight is 411 g/mol. The third-order valence-corrected chi connectivity index (χ3v) is 4.91. The van der Waals surface area contributed by atoms with Gasteiger partial charge in [0.05, 0.1) is 12.2 Å². The highest BCUT2D eigenvalue weighted by molar-refractivity contribution is 6.07. The molecule has 0 aliphatic heterocycles. The Hall–Kier alpha value is -2.75. The second-order valence-corrected chi connectivity index (χ2v) is 9.66. The lowest BCUT2D eigenvalue weighted by Gasteiger charge is -2.30. The molecule has 0 radical (unpaired) electrons. The van der Waals surface area contributed by atoms with E-state index in [0.717, 1.165) is 17.5 Å². The summed E-state index contributed by atoms with van der Waals surface area (Å²) in [5.41, 5.74) is 2.30. The van der Waals surface area contributed by atoms with E-state index < -0.39 is 0 Å². The van der Waals surface area contributed by atoms with E-state index >= 15 is 0 Å². The molecule has 162 valence electrons. The average Bonchev–Trinajstić information content (AvgIpc) is 2.63. The van der Waals surface area contributed by atoms with E-state index in [1.807, 2.05) is 13.0 Å². The maximum absolute atomic E-state index is 12.6. The van der Waals surface area contributed by atoms with Crippen LogP contribution >= 0.6 is 0 Å². The molecule has 30 heavy (non-hydrogen) atoms. The Labute approximate surface area is 180 Å². The van der Waals surface area contributed by atoms with E-state index in [-0.39, 0.29) is 28.1 Å². The number of ether oxygens (including phenoxy) is 1. The summed E-state index contributed by atoms with van der Waals surface area (Å²) in [5, 5.41) is 20.6. The molecular formula is C26H34O4. The third kappa shape index (κ3) is 5.44. The van der Waals surface area contributed by atoms with Gasteiger partial charge in [-0.3, -0.25) is 4.79 Å². The summed E-state index contributed by atoms with van der Waals surface area (Å²) in [6.45, 7) is 15.0. The van der Waals surface area contributed by atoms with Crippen molar-refractivity contribution >= 4 is 11.9 Å². The molecule has 0 atom stereocenters. The van der Waals surface area contributed by atoms with E-state index in [2.05, 4.69) is 41.5 Å². The monoisotopic (exact) mass is 410 g/mol. The molecule has 0 saturated carbocycles. The Morgan fingerprint density at radius 1 is 0.967 bits per heavy atom. The SMILES string of the molecule is CCCOc1c(C(C)(C)C)cc(C(C)(C)C)c(O)c1C=CC(=O)c1ccc(O)cc1. The first-order valence-corrected chi connectivity index (χ1v) is 10.4. The van der Waals surface area contributed by atoms with E-state index in [1.54, 1.807) is 18.2 Å². The number of rotatable bonds is 6. The molecule has 0 aromatic heterocycles. The summed E-state index contributed by atoms with van der Waals surface area (Å²) in [7, 11) is 0. The Kier molecular flexibility index (Phi) is 7.02. The minimum absolute atomic E-state index is 0.108. The molecule has 0 saturated heterocycles. The van der Waals surface area contributed by atoms with Crippen molar-refractivity contribution in [2.45, 2.75) is 65.7 Å². The van der Waals surface area contributed by atoms with Crippen LogP contribution in [0.25, 0.3) is 6.08 Å². The fourth-order valence-electron chi connectivity index (χ4n) is 3.20. The van der Waals surface area contributed by atoms with E-state index in [9.17, 15) is 15.0 Å². The van der Waals surface area contributed by atoms with Crippen molar-refractivity contribution in [2.24, 2.45) is 0 Å². The number of ketones is 1. The van der Waals surface area contributed by atoms with Crippen LogP contribution in [0.15, 0.2) is 36.4 Å². The summed E-state index contributed by atoms with van der Waals surface area (Å²) in [4.78, 5) is 12.6. The van der Waals surface area contributed by atoms with Crippen molar-refractivity contribution in [3.8, 4) is 17.2 Å².